The lowest BCUT2D eigenvalue weighted by molar-refractivity contribution is -0.139. The summed E-state index contributed by atoms with van der Waals surface area (Å²) in [7, 11) is 0. The fraction of sp³-hybridized carbons (Fsp3) is 0.933. The van der Waals surface area contributed by atoms with E-state index in [1.165, 1.54) is 32.1 Å². The van der Waals surface area contributed by atoms with Crippen LogP contribution in [0, 0.1) is 11.8 Å². The Morgan fingerprint density at radius 2 is 1.89 bits per heavy atom. The van der Waals surface area contributed by atoms with E-state index < -0.39 is 0 Å². The highest BCUT2D eigenvalue weighted by atomic mass is 16.2. The van der Waals surface area contributed by atoms with Crippen LogP contribution in [0.25, 0.3) is 0 Å². The van der Waals surface area contributed by atoms with Crippen LogP contribution in [-0.4, -0.2) is 35.5 Å². The lowest BCUT2D eigenvalue weighted by Gasteiger charge is -2.39. The van der Waals surface area contributed by atoms with Gasteiger partial charge in [-0.15, -0.1) is 0 Å². The van der Waals surface area contributed by atoms with E-state index in [-0.39, 0.29) is 6.04 Å². The highest BCUT2D eigenvalue weighted by Crippen LogP contribution is 2.36. The molecule has 3 fully saturated rings. The molecule has 2 saturated carbocycles. The Hall–Kier alpha value is -0.570. The Morgan fingerprint density at radius 1 is 1.11 bits per heavy atom. The molecule has 3 heteroatoms. The molecule has 0 bridgehead atoms. The molecule has 0 aromatic rings. The van der Waals surface area contributed by atoms with Gasteiger partial charge in [-0.1, -0.05) is 13.8 Å². The highest BCUT2D eigenvalue weighted by molar-refractivity contribution is 5.83. The molecule has 1 saturated heterocycles. The minimum atomic E-state index is 0.120. The van der Waals surface area contributed by atoms with Crippen molar-refractivity contribution in [2.24, 2.45) is 11.8 Å². The van der Waals surface area contributed by atoms with E-state index in [0.29, 0.717) is 23.9 Å². The molecule has 102 valence electrons. The van der Waals surface area contributed by atoms with Crippen molar-refractivity contribution in [1.29, 1.82) is 0 Å². The Labute approximate surface area is 110 Å². The van der Waals surface area contributed by atoms with Crippen LogP contribution < -0.4 is 5.32 Å². The number of nitrogens with zero attached hydrogens (tertiary/aromatic N) is 1. The number of amides is 1. The molecular weight excluding hydrogens is 224 g/mol. The van der Waals surface area contributed by atoms with E-state index in [2.05, 4.69) is 24.1 Å². The van der Waals surface area contributed by atoms with Gasteiger partial charge in [-0.2, -0.15) is 0 Å². The molecule has 0 radical (unpaired) electrons. The third-order valence-corrected chi connectivity index (χ3v) is 5.31. The van der Waals surface area contributed by atoms with Crippen molar-refractivity contribution in [1.82, 2.24) is 10.2 Å². The van der Waals surface area contributed by atoms with Crippen LogP contribution in [0.3, 0.4) is 0 Å². The molecule has 4 unspecified atom stereocenters. The molecule has 18 heavy (non-hydrogen) atoms. The van der Waals surface area contributed by atoms with Gasteiger partial charge >= 0.3 is 0 Å². The molecule has 1 amide bonds. The van der Waals surface area contributed by atoms with Gasteiger partial charge in [0.2, 0.25) is 5.91 Å². The number of carbonyl (C=O) groups excluding carboxylic acids is 1. The number of piperidine rings is 1. The minimum Gasteiger partial charge on any atom is -0.338 e. The van der Waals surface area contributed by atoms with Crippen LogP contribution in [0.4, 0.5) is 0 Å². The van der Waals surface area contributed by atoms with E-state index in [4.69, 9.17) is 0 Å². The summed E-state index contributed by atoms with van der Waals surface area (Å²) < 4.78 is 0. The van der Waals surface area contributed by atoms with E-state index in [1.54, 1.807) is 0 Å². The first-order valence-corrected chi connectivity index (χ1v) is 7.73. The number of hydrogen-bond donors (Lipinski definition) is 1. The van der Waals surface area contributed by atoms with Crippen LogP contribution >= 0.6 is 0 Å². The van der Waals surface area contributed by atoms with Crippen LogP contribution in [0.1, 0.15) is 52.4 Å². The average molecular weight is 250 g/mol. The second-order valence-electron chi connectivity index (χ2n) is 6.65. The molecule has 4 atom stereocenters. The van der Waals surface area contributed by atoms with E-state index >= 15 is 0 Å². The Balaban J connectivity index is 1.65. The molecular formula is C15H26N2O. The van der Waals surface area contributed by atoms with Crippen molar-refractivity contribution in [2.75, 3.05) is 6.54 Å². The van der Waals surface area contributed by atoms with Crippen molar-refractivity contribution in [3.05, 3.63) is 0 Å². The summed E-state index contributed by atoms with van der Waals surface area (Å²) in [4.78, 5) is 14.8. The average Bonchev–Trinajstić information content (AvgIpc) is 3.11. The fourth-order valence-corrected chi connectivity index (χ4v) is 3.70. The number of nitrogens with one attached hydrogen (secondary N) is 1. The SMILES string of the molecule is CC1CCC(N2CCCC(NC3CC3)C2=O)C1C. The maximum atomic E-state index is 12.6. The van der Waals surface area contributed by atoms with Gasteiger partial charge in [0, 0.05) is 18.6 Å². The Kier molecular flexibility index (Phi) is 3.35. The van der Waals surface area contributed by atoms with Crippen molar-refractivity contribution in [3.63, 3.8) is 0 Å². The lowest BCUT2D eigenvalue weighted by Crippen LogP contribution is -2.55. The lowest BCUT2D eigenvalue weighted by atomic mass is 9.94. The first-order chi connectivity index (χ1) is 8.66. The van der Waals surface area contributed by atoms with Crippen molar-refractivity contribution in [2.45, 2.75) is 70.5 Å². The summed E-state index contributed by atoms with van der Waals surface area (Å²) in [5.41, 5.74) is 0. The summed E-state index contributed by atoms with van der Waals surface area (Å²) in [5.74, 6) is 1.84. The van der Waals surface area contributed by atoms with Crippen LogP contribution in [0.2, 0.25) is 0 Å². The van der Waals surface area contributed by atoms with E-state index in [9.17, 15) is 4.79 Å². The zero-order valence-corrected chi connectivity index (χ0v) is 11.7. The molecule has 1 aliphatic heterocycles. The number of carbonyl (C=O) groups is 1. The second kappa shape index (κ2) is 4.84. The molecule has 0 aromatic carbocycles. The Morgan fingerprint density at radius 3 is 2.50 bits per heavy atom. The standard InChI is InChI=1S/C15H26N2O/c1-10-5-8-14(11(10)2)17-9-3-4-13(15(17)18)16-12-6-7-12/h10-14,16H,3-9H2,1-2H3. The third-order valence-electron chi connectivity index (χ3n) is 5.31. The summed E-state index contributed by atoms with van der Waals surface area (Å²) in [6.07, 6.45) is 7.25. The first kappa shape index (κ1) is 12.5. The molecule has 1 heterocycles. The summed E-state index contributed by atoms with van der Waals surface area (Å²) in [5, 5.41) is 3.53. The molecule has 3 rings (SSSR count). The number of rotatable bonds is 3. The maximum absolute atomic E-state index is 12.6. The number of likely N-dealkylation sites (tertiary alicyclic amines) is 1. The van der Waals surface area contributed by atoms with Gasteiger partial charge in [0.15, 0.2) is 0 Å². The third kappa shape index (κ3) is 2.29. The molecule has 0 aromatic heterocycles. The van der Waals surface area contributed by atoms with Crippen LogP contribution in [-0.2, 0) is 4.79 Å². The molecule has 1 N–H and O–H groups in total. The van der Waals surface area contributed by atoms with Crippen molar-refractivity contribution >= 4 is 5.91 Å². The zero-order chi connectivity index (χ0) is 12.7. The maximum Gasteiger partial charge on any atom is 0.239 e. The van der Waals surface area contributed by atoms with Gasteiger partial charge in [0.25, 0.3) is 0 Å². The molecule has 2 aliphatic carbocycles. The fourth-order valence-electron chi connectivity index (χ4n) is 3.70. The van der Waals surface area contributed by atoms with E-state index in [0.717, 1.165) is 18.9 Å². The molecule has 3 nitrogen and oxygen atoms in total. The predicted molar refractivity (Wildman–Crippen MR) is 72.2 cm³/mol. The van der Waals surface area contributed by atoms with Gasteiger partial charge < -0.3 is 10.2 Å². The van der Waals surface area contributed by atoms with Crippen molar-refractivity contribution < 1.29 is 4.79 Å². The van der Waals surface area contributed by atoms with Gasteiger partial charge in [-0.05, 0) is 50.4 Å². The van der Waals surface area contributed by atoms with Gasteiger partial charge in [0.05, 0.1) is 6.04 Å². The summed E-state index contributed by atoms with van der Waals surface area (Å²) in [6.45, 7) is 5.65. The second-order valence-corrected chi connectivity index (χ2v) is 6.65. The van der Waals surface area contributed by atoms with Crippen molar-refractivity contribution in [3.8, 4) is 0 Å². The van der Waals surface area contributed by atoms with Gasteiger partial charge in [0.1, 0.15) is 0 Å². The summed E-state index contributed by atoms with van der Waals surface area (Å²) >= 11 is 0. The number of hydrogen-bond acceptors (Lipinski definition) is 2. The van der Waals surface area contributed by atoms with Crippen LogP contribution in [0.5, 0.6) is 0 Å². The Bertz CT molecular complexity index is 326. The topological polar surface area (TPSA) is 32.3 Å². The highest BCUT2D eigenvalue weighted by Gasteiger charge is 2.40. The van der Waals surface area contributed by atoms with E-state index in [1.807, 2.05) is 0 Å². The summed E-state index contributed by atoms with van der Waals surface area (Å²) in [6, 6.07) is 1.27. The first-order valence-electron chi connectivity index (χ1n) is 7.73. The molecule has 3 aliphatic rings. The minimum absolute atomic E-state index is 0.120. The normalized spacial score (nSPS) is 41.4. The molecule has 0 spiro atoms. The zero-order valence-electron chi connectivity index (χ0n) is 11.7. The largest absolute Gasteiger partial charge is 0.338 e. The smallest absolute Gasteiger partial charge is 0.239 e. The van der Waals surface area contributed by atoms with Gasteiger partial charge in [-0.3, -0.25) is 4.79 Å². The monoisotopic (exact) mass is 250 g/mol. The predicted octanol–water partition coefficient (Wildman–Crippen LogP) is 2.16. The van der Waals surface area contributed by atoms with Crippen LogP contribution in [0.15, 0.2) is 0 Å². The quantitative estimate of drug-likeness (QED) is 0.832. The van der Waals surface area contributed by atoms with Gasteiger partial charge in [-0.25, -0.2) is 0 Å².